The number of hydrogen-bond donors (Lipinski definition) is 2. The second-order valence-electron chi connectivity index (χ2n) is 5.24. The number of carboxylic acids is 1. The summed E-state index contributed by atoms with van der Waals surface area (Å²) in [6.45, 7) is 3.13. The van der Waals surface area contributed by atoms with Crippen LogP contribution in [-0.4, -0.2) is 35.1 Å². The Bertz CT molecular complexity index is 578. The highest BCUT2D eigenvalue weighted by Gasteiger charge is 2.23. The van der Waals surface area contributed by atoms with Crippen molar-refractivity contribution in [2.45, 2.75) is 19.8 Å². The van der Waals surface area contributed by atoms with E-state index in [0.717, 1.165) is 18.9 Å². The molecule has 21 heavy (non-hydrogen) atoms. The van der Waals surface area contributed by atoms with Crippen LogP contribution in [0.5, 0.6) is 0 Å². The summed E-state index contributed by atoms with van der Waals surface area (Å²) in [6, 6.07) is 0.735. The lowest BCUT2D eigenvalue weighted by Crippen LogP contribution is -2.41. The van der Waals surface area contributed by atoms with E-state index in [1.165, 1.54) is 4.90 Å². The molecule has 1 aromatic rings. The Hall–Kier alpha value is -2.18. The topological polar surface area (TPSA) is 69.6 Å². The fraction of sp³-hybridized carbons (Fsp3) is 0.429. The Morgan fingerprint density at radius 2 is 2.05 bits per heavy atom. The molecule has 1 atom stereocenters. The number of benzene rings is 1. The van der Waals surface area contributed by atoms with E-state index in [2.05, 4.69) is 5.32 Å². The van der Waals surface area contributed by atoms with E-state index in [-0.39, 0.29) is 5.69 Å². The van der Waals surface area contributed by atoms with Gasteiger partial charge in [0, 0.05) is 19.2 Å². The molecule has 1 aromatic carbocycles. The molecule has 2 rings (SSSR count). The first kappa shape index (κ1) is 15.2. The molecule has 0 bridgehead atoms. The number of carbonyl (C=O) groups excluding carboxylic acids is 1. The summed E-state index contributed by atoms with van der Waals surface area (Å²) in [4.78, 5) is 24.4. The third kappa shape index (κ3) is 3.48. The first-order valence-electron chi connectivity index (χ1n) is 6.66. The zero-order valence-corrected chi connectivity index (χ0v) is 11.5. The van der Waals surface area contributed by atoms with Gasteiger partial charge in [-0.1, -0.05) is 6.92 Å². The maximum atomic E-state index is 13.6. The molecule has 1 aliphatic rings. The Kier molecular flexibility index (Phi) is 4.40. The lowest BCUT2D eigenvalue weighted by molar-refractivity contribution is 0.0691. The number of hydrogen-bond acceptors (Lipinski definition) is 2. The fourth-order valence-corrected chi connectivity index (χ4v) is 2.38. The lowest BCUT2D eigenvalue weighted by atomic mass is 10.0. The zero-order valence-electron chi connectivity index (χ0n) is 11.5. The first-order valence-corrected chi connectivity index (χ1v) is 6.66. The highest BCUT2D eigenvalue weighted by molar-refractivity contribution is 5.93. The SMILES string of the molecule is CC1CCCN(C(=O)Nc2cc(C(=O)O)c(F)cc2F)C1. The standard InChI is InChI=1S/C14H16F2N2O3/c1-8-3-2-4-18(7-8)14(21)17-12-5-9(13(19)20)10(15)6-11(12)16/h5-6,8H,2-4,7H2,1H3,(H,17,21)(H,19,20). The van der Waals surface area contributed by atoms with Crippen molar-refractivity contribution in [3.05, 3.63) is 29.3 Å². The van der Waals surface area contributed by atoms with Crippen molar-refractivity contribution in [2.24, 2.45) is 5.92 Å². The van der Waals surface area contributed by atoms with Crippen LogP contribution in [0.3, 0.4) is 0 Å². The predicted molar refractivity (Wildman–Crippen MR) is 72.3 cm³/mol. The van der Waals surface area contributed by atoms with Gasteiger partial charge in [0.15, 0.2) is 0 Å². The smallest absolute Gasteiger partial charge is 0.338 e. The van der Waals surface area contributed by atoms with Gasteiger partial charge in [0.1, 0.15) is 11.6 Å². The van der Waals surface area contributed by atoms with Gasteiger partial charge in [-0.2, -0.15) is 0 Å². The van der Waals surface area contributed by atoms with Gasteiger partial charge >= 0.3 is 12.0 Å². The molecule has 0 saturated carbocycles. The number of piperidine rings is 1. The number of carboxylic acid groups (broad SMARTS) is 1. The number of rotatable bonds is 2. The normalized spacial score (nSPS) is 18.4. The third-order valence-corrected chi connectivity index (χ3v) is 3.47. The van der Waals surface area contributed by atoms with Crippen molar-refractivity contribution in [2.75, 3.05) is 18.4 Å². The van der Waals surface area contributed by atoms with E-state index in [1.807, 2.05) is 6.92 Å². The van der Waals surface area contributed by atoms with E-state index >= 15 is 0 Å². The van der Waals surface area contributed by atoms with Crippen LogP contribution >= 0.6 is 0 Å². The Labute approximate surface area is 120 Å². The highest BCUT2D eigenvalue weighted by Crippen LogP contribution is 2.21. The Balaban J connectivity index is 2.17. The summed E-state index contributed by atoms with van der Waals surface area (Å²) in [6.07, 6.45) is 1.89. The molecule has 114 valence electrons. The van der Waals surface area contributed by atoms with Crippen molar-refractivity contribution in [1.82, 2.24) is 4.90 Å². The molecule has 0 aromatic heterocycles. The summed E-state index contributed by atoms with van der Waals surface area (Å²) in [5.41, 5.74) is -1.02. The number of carbonyl (C=O) groups is 2. The van der Waals surface area contributed by atoms with Crippen LogP contribution in [0.1, 0.15) is 30.1 Å². The van der Waals surface area contributed by atoms with E-state index in [9.17, 15) is 18.4 Å². The van der Waals surface area contributed by atoms with Crippen LogP contribution in [0.25, 0.3) is 0 Å². The zero-order chi connectivity index (χ0) is 15.6. The average molecular weight is 298 g/mol. The molecular formula is C14H16F2N2O3. The van der Waals surface area contributed by atoms with Crippen LogP contribution in [0, 0.1) is 17.6 Å². The summed E-state index contributed by atoms with van der Waals surface area (Å²) in [5.74, 6) is -3.34. The highest BCUT2D eigenvalue weighted by atomic mass is 19.1. The molecule has 5 nitrogen and oxygen atoms in total. The Morgan fingerprint density at radius 3 is 2.67 bits per heavy atom. The monoisotopic (exact) mass is 298 g/mol. The van der Waals surface area contributed by atoms with Gasteiger partial charge in [0.05, 0.1) is 11.3 Å². The van der Waals surface area contributed by atoms with Gasteiger partial charge < -0.3 is 15.3 Å². The van der Waals surface area contributed by atoms with Crippen LogP contribution in [0.4, 0.5) is 19.3 Å². The van der Waals surface area contributed by atoms with Gasteiger partial charge in [-0.3, -0.25) is 0 Å². The minimum atomic E-state index is -1.52. The molecular weight excluding hydrogens is 282 g/mol. The molecule has 1 heterocycles. The lowest BCUT2D eigenvalue weighted by Gasteiger charge is -2.31. The largest absolute Gasteiger partial charge is 0.478 e. The minimum absolute atomic E-state index is 0.336. The molecule has 2 N–H and O–H groups in total. The number of amides is 2. The number of anilines is 1. The molecule has 1 fully saturated rings. The third-order valence-electron chi connectivity index (χ3n) is 3.47. The molecule has 1 unspecified atom stereocenters. The fourth-order valence-electron chi connectivity index (χ4n) is 2.38. The van der Waals surface area contributed by atoms with Gasteiger partial charge in [0.2, 0.25) is 0 Å². The van der Waals surface area contributed by atoms with E-state index in [0.29, 0.717) is 25.1 Å². The van der Waals surface area contributed by atoms with Crippen molar-refractivity contribution >= 4 is 17.7 Å². The van der Waals surface area contributed by atoms with Crippen molar-refractivity contribution < 1.29 is 23.5 Å². The molecule has 1 saturated heterocycles. The number of likely N-dealkylation sites (tertiary alicyclic amines) is 1. The molecule has 2 amide bonds. The molecule has 0 spiro atoms. The maximum Gasteiger partial charge on any atom is 0.338 e. The molecule has 7 heteroatoms. The number of nitrogens with one attached hydrogen (secondary N) is 1. The van der Waals surface area contributed by atoms with Gasteiger partial charge in [-0.05, 0) is 24.8 Å². The summed E-state index contributed by atoms with van der Waals surface area (Å²) >= 11 is 0. The van der Waals surface area contributed by atoms with Crippen LogP contribution < -0.4 is 5.32 Å². The summed E-state index contributed by atoms with van der Waals surface area (Å²) < 4.78 is 26.9. The van der Waals surface area contributed by atoms with Crippen LogP contribution in [0.15, 0.2) is 12.1 Å². The Morgan fingerprint density at radius 1 is 1.33 bits per heavy atom. The number of urea groups is 1. The minimum Gasteiger partial charge on any atom is -0.478 e. The summed E-state index contributed by atoms with van der Waals surface area (Å²) in [5, 5.41) is 11.1. The molecule has 1 aliphatic heterocycles. The van der Waals surface area contributed by atoms with Crippen molar-refractivity contribution in [3.8, 4) is 0 Å². The predicted octanol–water partition coefficient (Wildman–Crippen LogP) is 2.93. The average Bonchev–Trinajstić information content (AvgIpc) is 2.41. The van der Waals surface area contributed by atoms with Crippen LogP contribution in [0.2, 0.25) is 0 Å². The quantitative estimate of drug-likeness (QED) is 0.882. The second-order valence-corrected chi connectivity index (χ2v) is 5.24. The second kappa shape index (κ2) is 6.07. The van der Waals surface area contributed by atoms with Crippen molar-refractivity contribution in [3.63, 3.8) is 0 Å². The summed E-state index contributed by atoms with van der Waals surface area (Å²) in [7, 11) is 0. The molecule has 0 radical (unpaired) electrons. The first-order chi connectivity index (χ1) is 9.88. The van der Waals surface area contributed by atoms with Gasteiger partial charge in [-0.15, -0.1) is 0 Å². The van der Waals surface area contributed by atoms with Crippen molar-refractivity contribution in [1.29, 1.82) is 0 Å². The molecule has 0 aliphatic carbocycles. The van der Waals surface area contributed by atoms with E-state index in [4.69, 9.17) is 5.11 Å². The number of halogens is 2. The number of aromatic carboxylic acids is 1. The van der Waals surface area contributed by atoms with Gasteiger partial charge in [0.25, 0.3) is 0 Å². The number of nitrogens with zero attached hydrogens (tertiary/aromatic N) is 1. The van der Waals surface area contributed by atoms with E-state index in [1.54, 1.807) is 0 Å². The van der Waals surface area contributed by atoms with Gasteiger partial charge in [-0.25, -0.2) is 18.4 Å². The maximum absolute atomic E-state index is 13.6. The van der Waals surface area contributed by atoms with Crippen LogP contribution in [-0.2, 0) is 0 Å². The van der Waals surface area contributed by atoms with E-state index < -0.39 is 29.2 Å².